The lowest BCUT2D eigenvalue weighted by Crippen LogP contribution is -2.57. The van der Waals surface area contributed by atoms with E-state index in [9.17, 15) is 9.59 Å². The van der Waals surface area contributed by atoms with E-state index >= 15 is 0 Å². The van der Waals surface area contributed by atoms with Crippen molar-refractivity contribution in [3.63, 3.8) is 0 Å². The topological polar surface area (TPSA) is 72.2 Å². The van der Waals surface area contributed by atoms with Gasteiger partial charge in [-0.25, -0.2) is 5.06 Å². The highest BCUT2D eigenvalue weighted by molar-refractivity contribution is 6.33. The first-order chi connectivity index (χ1) is 15.5. The molecular weight excluding hydrogens is 432 g/mol. The Kier molecular flexibility index (Phi) is 6.69. The third-order valence-corrected chi connectivity index (χ3v) is 6.70. The Hall–Kier alpha value is -2.61. The Balaban J connectivity index is 1.46. The summed E-state index contributed by atoms with van der Waals surface area (Å²) in [4.78, 5) is 33.1. The van der Waals surface area contributed by atoms with Crippen molar-refractivity contribution >= 4 is 23.5 Å². The molecule has 0 N–H and O–H groups in total. The van der Waals surface area contributed by atoms with Crippen molar-refractivity contribution in [3.05, 3.63) is 59.8 Å². The summed E-state index contributed by atoms with van der Waals surface area (Å²) >= 11 is 6.28. The zero-order valence-electron chi connectivity index (χ0n) is 18.1. The van der Waals surface area contributed by atoms with Gasteiger partial charge in [-0.2, -0.15) is 0 Å². The first kappa shape index (κ1) is 22.6. The first-order valence-electron chi connectivity index (χ1n) is 10.7. The number of methoxy groups -OCH3 is 1. The zero-order chi connectivity index (χ0) is 22.7. The first-order valence-corrected chi connectivity index (χ1v) is 11.1. The normalized spacial score (nSPS) is 20.6. The van der Waals surface area contributed by atoms with Gasteiger partial charge in [0, 0.05) is 25.1 Å². The number of benzene rings is 1. The maximum absolute atomic E-state index is 12.6. The van der Waals surface area contributed by atoms with Gasteiger partial charge in [0.05, 0.1) is 36.7 Å². The molecule has 2 aromatic rings. The Morgan fingerprint density at radius 2 is 2.03 bits per heavy atom. The summed E-state index contributed by atoms with van der Waals surface area (Å²) < 4.78 is 11.0. The van der Waals surface area contributed by atoms with Gasteiger partial charge in [-0.1, -0.05) is 29.8 Å². The minimum absolute atomic E-state index is 0.100. The van der Waals surface area contributed by atoms with Crippen LogP contribution < -0.4 is 0 Å². The molecule has 1 atom stereocenters. The fourth-order valence-corrected chi connectivity index (χ4v) is 4.98. The van der Waals surface area contributed by atoms with E-state index < -0.39 is 11.5 Å². The highest BCUT2D eigenvalue weighted by Crippen LogP contribution is 2.44. The van der Waals surface area contributed by atoms with Crippen molar-refractivity contribution in [1.29, 1.82) is 0 Å². The van der Waals surface area contributed by atoms with E-state index in [-0.39, 0.29) is 24.9 Å². The summed E-state index contributed by atoms with van der Waals surface area (Å²) in [6, 6.07) is 11.5. The molecule has 170 valence electrons. The molecule has 2 aliphatic rings. The quantitative estimate of drug-likeness (QED) is 0.460. The number of nitrogens with zero attached hydrogens (tertiary/aromatic N) is 2. The Morgan fingerprint density at radius 3 is 2.72 bits per heavy atom. The van der Waals surface area contributed by atoms with Gasteiger partial charge in [-0.05, 0) is 37.1 Å². The smallest absolute Gasteiger partial charge is 0.311 e. The largest absolute Gasteiger partial charge is 0.469 e. The number of ether oxygens (including phenoxy) is 1. The molecule has 0 unspecified atom stereocenters. The number of hydrogen-bond donors (Lipinski definition) is 0. The van der Waals surface area contributed by atoms with Gasteiger partial charge in [-0.15, -0.1) is 6.58 Å². The Morgan fingerprint density at radius 1 is 1.28 bits per heavy atom. The predicted octanol–water partition coefficient (Wildman–Crippen LogP) is 4.07. The van der Waals surface area contributed by atoms with E-state index in [1.54, 1.807) is 6.08 Å². The van der Waals surface area contributed by atoms with Crippen molar-refractivity contribution in [3.8, 4) is 11.3 Å². The minimum atomic E-state index is -0.699. The highest BCUT2D eigenvalue weighted by Gasteiger charge is 2.58. The fraction of sp³-hybridized carbons (Fsp3) is 0.417. The summed E-state index contributed by atoms with van der Waals surface area (Å²) in [6.45, 7) is 5.88. The number of amides is 1. The molecule has 1 aromatic carbocycles. The van der Waals surface area contributed by atoms with Crippen LogP contribution in [-0.2, 0) is 25.7 Å². The third kappa shape index (κ3) is 4.20. The lowest BCUT2D eigenvalue weighted by molar-refractivity contribution is -0.218. The van der Waals surface area contributed by atoms with Gasteiger partial charge < -0.3 is 9.15 Å². The lowest BCUT2D eigenvalue weighted by atomic mass is 9.77. The van der Waals surface area contributed by atoms with Gasteiger partial charge in [0.1, 0.15) is 11.5 Å². The molecule has 1 amide bonds. The number of likely N-dealkylation sites (tertiary alicyclic amines) is 1. The summed E-state index contributed by atoms with van der Waals surface area (Å²) in [5, 5.41) is 2.06. The van der Waals surface area contributed by atoms with Crippen LogP contribution in [0.15, 0.2) is 53.5 Å². The molecule has 3 heterocycles. The Bertz CT molecular complexity index is 996. The monoisotopic (exact) mass is 458 g/mol. The number of hydroxylamine groups is 2. The van der Waals surface area contributed by atoms with E-state index in [1.807, 2.05) is 36.4 Å². The fourth-order valence-electron chi connectivity index (χ4n) is 4.75. The molecule has 7 nitrogen and oxygen atoms in total. The van der Waals surface area contributed by atoms with Gasteiger partial charge in [0.2, 0.25) is 5.91 Å². The molecule has 0 bridgehead atoms. The average Bonchev–Trinajstić information content (AvgIpc) is 3.36. The van der Waals surface area contributed by atoms with Crippen LogP contribution in [-0.4, -0.2) is 54.2 Å². The average molecular weight is 459 g/mol. The molecule has 0 saturated carbocycles. The molecule has 2 fully saturated rings. The molecule has 0 aliphatic carbocycles. The van der Waals surface area contributed by atoms with Gasteiger partial charge >= 0.3 is 5.97 Å². The molecular formula is C24H27ClN2O5. The number of piperidine rings is 1. The van der Waals surface area contributed by atoms with Crippen molar-refractivity contribution in [2.45, 2.75) is 31.3 Å². The molecule has 1 spiro atoms. The maximum atomic E-state index is 12.6. The van der Waals surface area contributed by atoms with Crippen LogP contribution in [0.25, 0.3) is 11.3 Å². The van der Waals surface area contributed by atoms with Crippen LogP contribution in [0.1, 0.15) is 25.0 Å². The van der Waals surface area contributed by atoms with Crippen LogP contribution in [0.5, 0.6) is 0 Å². The number of furan rings is 1. The maximum Gasteiger partial charge on any atom is 0.311 e. The summed E-state index contributed by atoms with van der Waals surface area (Å²) in [5.41, 5.74) is 0.161. The van der Waals surface area contributed by atoms with Crippen molar-refractivity contribution in [1.82, 2.24) is 9.96 Å². The number of hydrogen-bond acceptors (Lipinski definition) is 6. The van der Waals surface area contributed by atoms with Crippen molar-refractivity contribution < 1.29 is 23.6 Å². The van der Waals surface area contributed by atoms with Crippen LogP contribution in [0.4, 0.5) is 0 Å². The second-order valence-corrected chi connectivity index (χ2v) is 8.59. The zero-order valence-corrected chi connectivity index (χ0v) is 18.8. The third-order valence-electron chi connectivity index (χ3n) is 6.37. The Labute approximate surface area is 192 Å². The van der Waals surface area contributed by atoms with Crippen LogP contribution >= 0.6 is 11.6 Å². The number of carbonyl (C=O) groups excluding carboxylic acids is 2. The number of rotatable bonds is 7. The molecule has 2 aliphatic heterocycles. The molecule has 1 aromatic heterocycles. The highest BCUT2D eigenvalue weighted by atomic mass is 35.5. The number of esters is 1. The molecule has 4 rings (SSSR count). The van der Waals surface area contributed by atoms with Gasteiger partial charge in [0.15, 0.2) is 0 Å². The summed E-state index contributed by atoms with van der Waals surface area (Å²) in [7, 11) is 1.36. The molecule has 2 saturated heterocycles. The predicted molar refractivity (Wildman–Crippen MR) is 120 cm³/mol. The molecule has 8 heteroatoms. The van der Waals surface area contributed by atoms with E-state index in [1.165, 1.54) is 12.2 Å². The van der Waals surface area contributed by atoms with Crippen LogP contribution in [0, 0.1) is 5.92 Å². The van der Waals surface area contributed by atoms with Gasteiger partial charge in [-0.3, -0.25) is 19.3 Å². The van der Waals surface area contributed by atoms with Gasteiger partial charge in [0.25, 0.3) is 0 Å². The standard InChI is InChI=1S/C24H27ClN2O5/c1-3-14-31-27-22(28)15-19(23(29)30-2)24(27)10-12-26(13-11-24)16-17-8-9-21(32-17)18-6-4-5-7-20(18)25/h3-9,19H,1,10-16H2,2H3/t19-/m1/s1. The van der Waals surface area contributed by atoms with E-state index in [0.717, 1.165) is 17.1 Å². The van der Waals surface area contributed by atoms with Crippen LogP contribution in [0.3, 0.4) is 0 Å². The van der Waals surface area contributed by atoms with Crippen LogP contribution in [0.2, 0.25) is 5.02 Å². The molecule has 0 radical (unpaired) electrons. The van der Waals surface area contributed by atoms with Crippen molar-refractivity contribution in [2.24, 2.45) is 5.92 Å². The van der Waals surface area contributed by atoms with Crippen molar-refractivity contribution in [2.75, 3.05) is 26.8 Å². The lowest BCUT2D eigenvalue weighted by Gasteiger charge is -2.45. The SMILES string of the molecule is C=CCON1C(=O)C[C@H](C(=O)OC)C12CCN(Cc1ccc(-c3ccccc3Cl)o1)CC2. The summed E-state index contributed by atoms with van der Waals surface area (Å²) in [6.07, 6.45) is 2.90. The van der Waals surface area contributed by atoms with E-state index in [2.05, 4.69) is 11.5 Å². The molecule has 32 heavy (non-hydrogen) atoms. The van der Waals surface area contributed by atoms with E-state index in [4.69, 9.17) is 25.6 Å². The number of carbonyl (C=O) groups is 2. The second-order valence-electron chi connectivity index (χ2n) is 8.18. The minimum Gasteiger partial charge on any atom is -0.469 e. The van der Waals surface area contributed by atoms with E-state index in [0.29, 0.717) is 37.5 Å². The second kappa shape index (κ2) is 9.48. The summed E-state index contributed by atoms with van der Waals surface area (Å²) in [5.74, 6) is 0.471. The number of halogens is 1.